The minimum absolute atomic E-state index is 0.0871. The van der Waals surface area contributed by atoms with Gasteiger partial charge in [-0.3, -0.25) is 28.8 Å². The molecular weight excluding hydrogens is 654 g/mol. The second-order valence-corrected chi connectivity index (χ2v) is 12.9. The van der Waals surface area contributed by atoms with E-state index in [2.05, 4.69) is 12.2 Å². The van der Waals surface area contributed by atoms with E-state index in [4.69, 9.17) is 28.4 Å². The molecule has 1 amide bonds. The van der Waals surface area contributed by atoms with Crippen LogP contribution in [0.4, 0.5) is 0 Å². The molecule has 1 heterocycles. The summed E-state index contributed by atoms with van der Waals surface area (Å²) in [5.41, 5.74) is -2.35. The highest BCUT2D eigenvalue weighted by atomic mass is 16.6. The molecule has 0 radical (unpaired) electrons. The third-order valence-corrected chi connectivity index (χ3v) is 8.50. The number of nitrogens with one attached hydrogen (secondary N) is 1. The molecule has 1 aliphatic heterocycles. The van der Waals surface area contributed by atoms with Crippen molar-refractivity contribution in [2.24, 2.45) is 0 Å². The minimum Gasteiger partial charge on any atom is -0.467 e. The largest absolute Gasteiger partial charge is 0.467 e. The summed E-state index contributed by atoms with van der Waals surface area (Å²) < 4.78 is 32.8. The number of Topliss-reactive ketones (excluding diaryl/α,β-unsaturated/α-hetero) is 1. The van der Waals surface area contributed by atoms with Gasteiger partial charge in [0.25, 0.3) is 0 Å². The molecule has 50 heavy (non-hydrogen) atoms. The predicted octanol–water partition coefficient (Wildman–Crippen LogP) is 4.60. The van der Waals surface area contributed by atoms with E-state index < -0.39 is 90.6 Å². The topological polar surface area (TPSA) is 187 Å². The maximum atomic E-state index is 14.0. The minimum atomic E-state index is -2.35. The normalized spacial score (nSPS) is 21.2. The van der Waals surface area contributed by atoms with Crippen LogP contribution in [-0.2, 0) is 62.0 Å². The zero-order chi connectivity index (χ0) is 37.7. The van der Waals surface area contributed by atoms with Crippen LogP contribution in [0.25, 0.3) is 0 Å². The molecule has 286 valence electrons. The third-order valence-electron chi connectivity index (χ3n) is 8.50. The molecular formula is C36H59NO13. The van der Waals surface area contributed by atoms with Gasteiger partial charge in [-0.1, -0.05) is 84.0 Å². The molecule has 0 aromatic heterocycles. The summed E-state index contributed by atoms with van der Waals surface area (Å²) in [5.74, 6) is -5.66. The Balaban J connectivity index is 3.30. The van der Waals surface area contributed by atoms with Crippen molar-refractivity contribution >= 4 is 41.5 Å². The van der Waals surface area contributed by atoms with Crippen molar-refractivity contribution in [2.45, 2.75) is 174 Å². The van der Waals surface area contributed by atoms with E-state index in [1.807, 2.05) is 0 Å². The molecule has 14 heteroatoms. The van der Waals surface area contributed by atoms with Gasteiger partial charge in [0.05, 0.1) is 13.2 Å². The monoisotopic (exact) mass is 713 g/mol. The van der Waals surface area contributed by atoms with E-state index >= 15 is 0 Å². The van der Waals surface area contributed by atoms with E-state index in [1.165, 1.54) is 51.9 Å². The van der Waals surface area contributed by atoms with Crippen molar-refractivity contribution in [3.63, 3.8) is 0 Å². The highest BCUT2D eigenvalue weighted by molar-refractivity contribution is 6.07. The van der Waals surface area contributed by atoms with Gasteiger partial charge in [0.2, 0.25) is 11.5 Å². The lowest BCUT2D eigenvalue weighted by Gasteiger charge is -2.48. The van der Waals surface area contributed by atoms with Crippen molar-refractivity contribution in [3.8, 4) is 0 Å². The summed E-state index contributed by atoms with van der Waals surface area (Å²) in [6.07, 6.45) is 7.38. The molecule has 0 saturated carbocycles. The summed E-state index contributed by atoms with van der Waals surface area (Å²) >= 11 is 0. The molecule has 0 aliphatic carbocycles. The number of methoxy groups -OCH3 is 1. The molecule has 1 saturated heterocycles. The number of carbonyl (C=O) groups excluding carboxylic acids is 7. The Morgan fingerprint density at radius 1 is 0.720 bits per heavy atom. The second kappa shape index (κ2) is 23.8. The zero-order valence-electron chi connectivity index (χ0n) is 31.0. The Kier molecular flexibility index (Phi) is 21.2. The van der Waals surface area contributed by atoms with Gasteiger partial charge in [-0.2, -0.15) is 0 Å². The van der Waals surface area contributed by atoms with Gasteiger partial charge < -0.3 is 33.7 Å². The van der Waals surface area contributed by atoms with E-state index in [0.717, 1.165) is 66.9 Å². The summed E-state index contributed by atoms with van der Waals surface area (Å²) in [7, 11) is 1.06. The van der Waals surface area contributed by atoms with Crippen LogP contribution < -0.4 is 5.32 Å². The number of hydrogen-bond donors (Lipinski definition) is 1. The fourth-order valence-electron chi connectivity index (χ4n) is 6.23. The fourth-order valence-corrected chi connectivity index (χ4v) is 6.23. The second-order valence-electron chi connectivity index (χ2n) is 12.9. The van der Waals surface area contributed by atoms with Crippen LogP contribution in [0.5, 0.6) is 0 Å². The van der Waals surface area contributed by atoms with Gasteiger partial charge in [-0.25, -0.2) is 4.79 Å². The van der Waals surface area contributed by atoms with Crippen LogP contribution in [0.15, 0.2) is 0 Å². The third kappa shape index (κ3) is 16.0. The maximum absolute atomic E-state index is 14.0. The Morgan fingerprint density at radius 2 is 1.24 bits per heavy atom. The molecule has 0 spiro atoms. The van der Waals surface area contributed by atoms with Gasteiger partial charge in [0.1, 0.15) is 18.8 Å². The summed E-state index contributed by atoms with van der Waals surface area (Å²) in [5, 5.41) is 2.60. The fraction of sp³-hybridized carbons (Fsp3) is 0.806. The van der Waals surface area contributed by atoms with E-state index in [-0.39, 0.29) is 6.42 Å². The van der Waals surface area contributed by atoms with E-state index in [0.29, 0.717) is 6.42 Å². The van der Waals surface area contributed by atoms with E-state index in [9.17, 15) is 33.6 Å². The lowest BCUT2D eigenvalue weighted by Crippen LogP contribution is -2.70. The quantitative estimate of drug-likeness (QED) is 0.0634. The standard InChI is InChI=1S/C36H59NO13/c1-8-9-10-11-12-13-14-15-16-17-18-19-20-21-31(43)36(35(44)45-7)22-29(47-26(4)40)32(37-24(2)38)34(50-36)33(49-28(6)42)30(48-27(5)41)23-46-25(3)39/h29-30,32-34H,8-23H2,1-7H3,(H,37,38)/t29-,30+,32+,33-,34+,36+/m0/s1. The molecule has 1 aliphatic rings. The first kappa shape index (κ1) is 44.5. The number of esters is 5. The smallest absolute Gasteiger partial charge is 0.346 e. The van der Waals surface area contributed by atoms with Crippen molar-refractivity contribution in [3.05, 3.63) is 0 Å². The average Bonchev–Trinajstić information content (AvgIpc) is 3.03. The number of carbonyl (C=O) groups is 7. The molecule has 1 rings (SSSR count). The Hall–Kier alpha value is -3.55. The first-order valence-electron chi connectivity index (χ1n) is 17.9. The predicted molar refractivity (Wildman–Crippen MR) is 180 cm³/mol. The van der Waals surface area contributed by atoms with Crippen LogP contribution in [0.1, 0.15) is 138 Å². The molecule has 0 bridgehead atoms. The Bertz CT molecular complexity index is 1130. The van der Waals surface area contributed by atoms with Gasteiger partial charge >= 0.3 is 29.8 Å². The molecule has 6 atom stereocenters. The summed E-state index contributed by atoms with van der Waals surface area (Å²) in [4.78, 5) is 88.5. The van der Waals surface area contributed by atoms with Crippen LogP contribution in [0.2, 0.25) is 0 Å². The van der Waals surface area contributed by atoms with Crippen molar-refractivity contribution < 1.29 is 62.0 Å². The number of hydrogen-bond acceptors (Lipinski definition) is 13. The molecule has 14 nitrogen and oxygen atoms in total. The number of amides is 1. The molecule has 1 N–H and O–H groups in total. The van der Waals surface area contributed by atoms with Crippen molar-refractivity contribution in [1.82, 2.24) is 5.32 Å². The number of unbranched alkanes of at least 4 members (excludes halogenated alkanes) is 12. The number of ketones is 1. The molecule has 0 aromatic carbocycles. The Morgan fingerprint density at radius 3 is 1.68 bits per heavy atom. The van der Waals surface area contributed by atoms with Crippen LogP contribution in [-0.4, -0.2) is 91.3 Å². The van der Waals surface area contributed by atoms with Gasteiger partial charge in [-0.15, -0.1) is 0 Å². The zero-order valence-corrected chi connectivity index (χ0v) is 31.0. The van der Waals surface area contributed by atoms with Crippen molar-refractivity contribution in [2.75, 3.05) is 13.7 Å². The van der Waals surface area contributed by atoms with Crippen LogP contribution in [0.3, 0.4) is 0 Å². The lowest BCUT2D eigenvalue weighted by molar-refractivity contribution is -0.238. The number of ether oxygens (including phenoxy) is 6. The summed E-state index contributed by atoms with van der Waals surface area (Å²) in [6.45, 7) is 7.10. The SMILES string of the molecule is CCCCCCCCCCCCCCCC(=O)[C@@]1(C(=O)OC)C[C@H](OC(C)=O)[C@@H](NC(C)=O)[C@H]([C@@H](OC(C)=O)[C@@H](COC(C)=O)OC(C)=O)O1. The Labute approximate surface area is 296 Å². The first-order valence-corrected chi connectivity index (χ1v) is 17.9. The highest BCUT2D eigenvalue weighted by Crippen LogP contribution is 2.38. The molecule has 1 fully saturated rings. The van der Waals surface area contributed by atoms with Crippen molar-refractivity contribution in [1.29, 1.82) is 0 Å². The molecule has 0 unspecified atom stereocenters. The van der Waals surface area contributed by atoms with Gasteiger partial charge in [-0.05, 0) is 6.42 Å². The lowest BCUT2D eigenvalue weighted by atomic mass is 9.79. The van der Waals surface area contributed by atoms with Gasteiger partial charge in [0.15, 0.2) is 18.0 Å². The number of rotatable bonds is 24. The first-order chi connectivity index (χ1) is 23.7. The maximum Gasteiger partial charge on any atom is 0.346 e. The molecule has 0 aromatic rings. The average molecular weight is 714 g/mol. The van der Waals surface area contributed by atoms with E-state index in [1.54, 1.807) is 0 Å². The highest BCUT2D eigenvalue weighted by Gasteiger charge is 2.61. The van der Waals surface area contributed by atoms with Crippen LogP contribution >= 0.6 is 0 Å². The summed E-state index contributed by atoms with van der Waals surface area (Å²) in [6, 6.07) is -1.32. The van der Waals surface area contributed by atoms with Crippen LogP contribution in [0, 0.1) is 0 Å². The van der Waals surface area contributed by atoms with Gasteiger partial charge in [0, 0.05) is 47.5 Å².